The zero-order chi connectivity index (χ0) is 15.6. The molecule has 2 N–H and O–H groups in total. The Labute approximate surface area is 116 Å². The number of likely N-dealkylation sites (tertiary alicyclic amines) is 1. The van der Waals surface area contributed by atoms with Gasteiger partial charge in [0, 0.05) is 25.7 Å². The number of alkyl halides is 3. The van der Waals surface area contributed by atoms with Gasteiger partial charge in [0.05, 0.1) is 0 Å². The number of nitrogens with one attached hydrogen (secondary N) is 1. The van der Waals surface area contributed by atoms with Crippen molar-refractivity contribution in [3.05, 3.63) is 0 Å². The van der Waals surface area contributed by atoms with E-state index in [2.05, 4.69) is 5.32 Å². The molecule has 5 nitrogen and oxygen atoms in total. The minimum absolute atomic E-state index is 0.264. The van der Waals surface area contributed by atoms with E-state index in [-0.39, 0.29) is 12.6 Å². The number of nitrogens with zero attached hydrogens (tertiary/aromatic N) is 1. The predicted octanol–water partition coefficient (Wildman–Crippen LogP) is 1.51. The molecule has 1 rings (SSSR count). The zero-order valence-electron chi connectivity index (χ0n) is 11.8. The van der Waals surface area contributed by atoms with Gasteiger partial charge in [-0.3, -0.25) is 0 Å². The van der Waals surface area contributed by atoms with Crippen LogP contribution in [-0.2, 0) is 4.74 Å². The molecule has 2 unspecified atom stereocenters. The highest BCUT2D eigenvalue weighted by molar-refractivity contribution is 5.68. The maximum absolute atomic E-state index is 12.1. The summed E-state index contributed by atoms with van der Waals surface area (Å²) in [4.78, 5) is 13.2. The van der Waals surface area contributed by atoms with Gasteiger partial charge < -0.3 is 20.1 Å². The first kappa shape index (κ1) is 17.0. The summed E-state index contributed by atoms with van der Waals surface area (Å²) in [6.45, 7) is 5.37. The van der Waals surface area contributed by atoms with Crippen molar-refractivity contribution in [2.75, 3.05) is 19.6 Å². The van der Waals surface area contributed by atoms with Gasteiger partial charge in [0.2, 0.25) is 0 Å². The van der Waals surface area contributed by atoms with Gasteiger partial charge in [-0.05, 0) is 27.2 Å². The SMILES string of the molecule is CC(C)(C)OC(=O)N1CCC(NCC(O)C(F)(F)F)C1. The molecule has 1 aliphatic heterocycles. The van der Waals surface area contributed by atoms with Crippen molar-refractivity contribution < 1.29 is 27.8 Å². The largest absolute Gasteiger partial charge is 0.444 e. The Morgan fingerprint density at radius 2 is 2.05 bits per heavy atom. The fraction of sp³-hybridized carbons (Fsp3) is 0.917. The monoisotopic (exact) mass is 298 g/mol. The third-order valence-electron chi connectivity index (χ3n) is 2.82. The van der Waals surface area contributed by atoms with Crippen LogP contribution in [0.4, 0.5) is 18.0 Å². The quantitative estimate of drug-likeness (QED) is 0.829. The molecule has 1 fully saturated rings. The summed E-state index contributed by atoms with van der Waals surface area (Å²) in [6, 6.07) is -0.264. The molecule has 0 spiro atoms. The molecule has 0 aromatic carbocycles. The van der Waals surface area contributed by atoms with Gasteiger partial charge in [-0.1, -0.05) is 0 Å². The highest BCUT2D eigenvalue weighted by Gasteiger charge is 2.39. The fourth-order valence-electron chi connectivity index (χ4n) is 1.81. The number of carbonyl (C=O) groups excluding carboxylic acids is 1. The smallest absolute Gasteiger partial charge is 0.415 e. The van der Waals surface area contributed by atoms with E-state index in [1.807, 2.05) is 0 Å². The minimum atomic E-state index is -4.63. The van der Waals surface area contributed by atoms with Crippen LogP contribution in [0.5, 0.6) is 0 Å². The lowest BCUT2D eigenvalue weighted by Gasteiger charge is -2.24. The number of aliphatic hydroxyl groups is 1. The van der Waals surface area contributed by atoms with Crippen molar-refractivity contribution in [2.24, 2.45) is 0 Å². The number of ether oxygens (including phenoxy) is 1. The van der Waals surface area contributed by atoms with Gasteiger partial charge in [-0.2, -0.15) is 13.2 Å². The van der Waals surface area contributed by atoms with Crippen molar-refractivity contribution >= 4 is 6.09 Å². The van der Waals surface area contributed by atoms with Crippen LogP contribution in [0.2, 0.25) is 0 Å². The summed E-state index contributed by atoms with van der Waals surface area (Å²) in [5.41, 5.74) is -0.602. The Morgan fingerprint density at radius 1 is 1.45 bits per heavy atom. The Balaban J connectivity index is 2.35. The lowest BCUT2D eigenvalue weighted by molar-refractivity contribution is -0.202. The second kappa shape index (κ2) is 6.17. The highest BCUT2D eigenvalue weighted by atomic mass is 19.4. The van der Waals surface area contributed by atoms with Crippen molar-refractivity contribution in [2.45, 2.75) is 51.1 Å². The van der Waals surface area contributed by atoms with Crippen LogP contribution in [0.25, 0.3) is 0 Å². The van der Waals surface area contributed by atoms with E-state index in [4.69, 9.17) is 9.84 Å². The average Bonchev–Trinajstić information content (AvgIpc) is 2.70. The summed E-state index contributed by atoms with van der Waals surface area (Å²) in [7, 11) is 0. The Bertz CT molecular complexity index is 342. The number of rotatable bonds is 3. The lowest BCUT2D eigenvalue weighted by atomic mass is 10.2. The van der Waals surface area contributed by atoms with E-state index in [1.54, 1.807) is 20.8 Å². The summed E-state index contributed by atoms with van der Waals surface area (Å²) < 4.78 is 41.6. The molecule has 2 atom stereocenters. The first-order valence-electron chi connectivity index (χ1n) is 6.45. The highest BCUT2D eigenvalue weighted by Crippen LogP contribution is 2.20. The van der Waals surface area contributed by atoms with Crippen molar-refractivity contribution in [3.63, 3.8) is 0 Å². The summed E-state index contributed by atoms with van der Waals surface area (Å²) in [6.07, 6.45) is -6.96. The van der Waals surface area contributed by atoms with Gasteiger partial charge >= 0.3 is 12.3 Å². The molecule has 0 aromatic heterocycles. The van der Waals surface area contributed by atoms with Crippen molar-refractivity contribution in [1.82, 2.24) is 10.2 Å². The second-order valence-electron chi connectivity index (χ2n) is 5.88. The van der Waals surface area contributed by atoms with Crippen molar-refractivity contribution in [1.29, 1.82) is 0 Å². The Kier molecular flexibility index (Phi) is 5.26. The van der Waals surface area contributed by atoms with Gasteiger partial charge in [-0.15, -0.1) is 0 Å². The molecule has 0 aromatic rings. The van der Waals surface area contributed by atoms with Gasteiger partial charge in [-0.25, -0.2) is 4.79 Å². The summed E-state index contributed by atoms with van der Waals surface area (Å²) >= 11 is 0. The Morgan fingerprint density at radius 3 is 2.55 bits per heavy atom. The molecular formula is C12H21F3N2O3. The second-order valence-corrected chi connectivity index (χ2v) is 5.88. The van der Waals surface area contributed by atoms with Crippen LogP contribution in [0, 0.1) is 0 Å². The van der Waals surface area contributed by atoms with Crippen LogP contribution in [0.3, 0.4) is 0 Å². The number of hydrogen-bond donors (Lipinski definition) is 2. The molecule has 8 heteroatoms. The van der Waals surface area contributed by atoms with E-state index >= 15 is 0 Å². The molecule has 0 bridgehead atoms. The van der Waals surface area contributed by atoms with Gasteiger partial charge in [0.15, 0.2) is 6.10 Å². The number of hydrogen-bond acceptors (Lipinski definition) is 4. The number of carbonyl (C=O) groups is 1. The van der Waals surface area contributed by atoms with Crippen LogP contribution in [-0.4, -0.2) is 59.7 Å². The number of aliphatic hydroxyl groups excluding tert-OH is 1. The average molecular weight is 298 g/mol. The van der Waals surface area contributed by atoms with Gasteiger partial charge in [0.1, 0.15) is 5.60 Å². The molecule has 1 amide bonds. The molecule has 118 valence electrons. The van der Waals surface area contributed by atoms with Gasteiger partial charge in [0.25, 0.3) is 0 Å². The topological polar surface area (TPSA) is 61.8 Å². The van der Waals surface area contributed by atoms with Crippen LogP contribution in [0.1, 0.15) is 27.2 Å². The van der Waals surface area contributed by atoms with E-state index < -0.39 is 30.5 Å². The molecule has 0 radical (unpaired) electrons. The van der Waals surface area contributed by atoms with E-state index in [1.165, 1.54) is 4.90 Å². The first-order chi connectivity index (χ1) is 8.99. The minimum Gasteiger partial charge on any atom is -0.444 e. The molecule has 20 heavy (non-hydrogen) atoms. The van der Waals surface area contributed by atoms with E-state index in [0.29, 0.717) is 13.0 Å². The van der Waals surface area contributed by atoms with E-state index in [0.717, 1.165) is 0 Å². The standard InChI is InChI=1S/C12H21F3N2O3/c1-11(2,3)20-10(19)17-5-4-8(7-17)16-6-9(18)12(13,14)15/h8-9,16,18H,4-7H2,1-3H3. The third kappa shape index (κ3) is 5.54. The maximum Gasteiger partial charge on any atom is 0.415 e. The Hall–Kier alpha value is -1.02. The van der Waals surface area contributed by atoms with Crippen LogP contribution in [0.15, 0.2) is 0 Å². The molecule has 0 saturated carbocycles. The molecular weight excluding hydrogens is 277 g/mol. The number of halogens is 3. The van der Waals surface area contributed by atoms with E-state index in [9.17, 15) is 18.0 Å². The fourth-order valence-corrected chi connectivity index (χ4v) is 1.81. The normalized spacial score (nSPS) is 21.9. The van der Waals surface area contributed by atoms with Crippen molar-refractivity contribution in [3.8, 4) is 0 Å². The lowest BCUT2D eigenvalue weighted by Crippen LogP contribution is -2.44. The summed E-state index contributed by atoms with van der Waals surface area (Å²) in [5, 5.41) is 11.5. The third-order valence-corrected chi connectivity index (χ3v) is 2.82. The predicted molar refractivity (Wildman–Crippen MR) is 66.3 cm³/mol. The molecule has 1 aliphatic rings. The zero-order valence-corrected chi connectivity index (χ0v) is 11.8. The summed E-state index contributed by atoms with van der Waals surface area (Å²) in [5.74, 6) is 0. The van der Waals surface area contributed by atoms with Crippen LogP contribution >= 0.6 is 0 Å². The number of amides is 1. The molecule has 0 aliphatic carbocycles. The first-order valence-corrected chi connectivity index (χ1v) is 6.45. The molecule has 1 saturated heterocycles. The molecule has 1 heterocycles. The van der Waals surface area contributed by atoms with Crippen LogP contribution < -0.4 is 5.32 Å². The maximum atomic E-state index is 12.1.